The Hall–Kier alpha value is -1.91. The van der Waals surface area contributed by atoms with E-state index in [1.807, 2.05) is 18.2 Å². The fourth-order valence-electron chi connectivity index (χ4n) is 2.27. The number of hydrogen-bond acceptors (Lipinski definition) is 4. The summed E-state index contributed by atoms with van der Waals surface area (Å²) in [5.41, 5.74) is 2.08. The minimum absolute atomic E-state index is 0.507. The van der Waals surface area contributed by atoms with E-state index < -0.39 is 0 Å². The molecule has 5 nitrogen and oxygen atoms in total. The van der Waals surface area contributed by atoms with Gasteiger partial charge in [-0.25, -0.2) is 0 Å². The molecular weight excluding hydrogens is 238 g/mol. The van der Waals surface area contributed by atoms with Gasteiger partial charge >= 0.3 is 0 Å². The van der Waals surface area contributed by atoms with Crippen LogP contribution in [0.15, 0.2) is 30.6 Å². The molecule has 2 aromatic rings. The minimum atomic E-state index is 0.507. The maximum atomic E-state index is 3.96. The monoisotopic (exact) mass is 259 g/mol. The van der Waals surface area contributed by atoms with Crippen LogP contribution in [0, 0.1) is 0 Å². The van der Waals surface area contributed by atoms with Crippen LogP contribution in [0.5, 0.6) is 0 Å². The van der Waals surface area contributed by atoms with Gasteiger partial charge in [-0.05, 0) is 35.4 Å². The van der Waals surface area contributed by atoms with Crippen LogP contribution in [0.3, 0.4) is 0 Å². The van der Waals surface area contributed by atoms with Crippen molar-refractivity contribution in [3.05, 3.63) is 30.6 Å². The van der Waals surface area contributed by atoms with Crippen molar-refractivity contribution in [2.24, 2.45) is 0 Å². The first-order valence-corrected chi connectivity index (χ1v) is 6.94. The maximum Gasteiger partial charge on any atom is 0.143 e. The maximum absolute atomic E-state index is 3.96. The van der Waals surface area contributed by atoms with Crippen molar-refractivity contribution in [2.75, 3.05) is 5.32 Å². The van der Waals surface area contributed by atoms with Gasteiger partial charge in [0.15, 0.2) is 0 Å². The quantitative estimate of drug-likeness (QED) is 0.830. The second-order valence-corrected chi connectivity index (χ2v) is 4.69. The van der Waals surface area contributed by atoms with E-state index >= 15 is 0 Å². The van der Waals surface area contributed by atoms with E-state index in [0.717, 1.165) is 11.4 Å². The van der Waals surface area contributed by atoms with E-state index in [-0.39, 0.29) is 0 Å². The van der Waals surface area contributed by atoms with Crippen LogP contribution in [0.2, 0.25) is 0 Å². The Morgan fingerprint density at radius 2 is 1.89 bits per heavy atom. The number of nitrogens with zero attached hydrogens (tertiary/aromatic N) is 4. The highest BCUT2D eigenvalue weighted by Gasteiger charge is 2.10. The molecule has 0 spiro atoms. The van der Waals surface area contributed by atoms with E-state index in [4.69, 9.17) is 0 Å². The van der Waals surface area contributed by atoms with Gasteiger partial charge in [0.25, 0.3) is 0 Å². The molecule has 5 heteroatoms. The Morgan fingerprint density at radius 1 is 1.16 bits per heavy atom. The topological polar surface area (TPSA) is 55.6 Å². The van der Waals surface area contributed by atoms with Gasteiger partial charge in [0.05, 0.1) is 11.4 Å². The average Bonchev–Trinajstić information content (AvgIpc) is 2.94. The lowest BCUT2D eigenvalue weighted by Crippen LogP contribution is -2.20. The van der Waals surface area contributed by atoms with Crippen molar-refractivity contribution in [3.63, 3.8) is 0 Å². The van der Waals surface area contributed by atoms with Gasteiger partial charge < -0.3 is 5.32 Å². The molecule has 0 atom stereocenters. The number of aromatic nitrogens is 4. The summed E-state index contributed by atoms with van der Waals surface area (Å²) >= 11 is 0. The SMILES string of the molecule is CCCC(CCC)Nc1ccccc1-n1cnnn1. The normalized spacial score (nSPS) is 10.9. The zero-order valence-electron chi connectivity index (χ0n) is 11.6. The smallest absolute Gasteiger partial charge is 0.143 e. The highest BCUT2D eigenvalue weighted by atomic mass is 15.5. The molecule has 0 aliphatic heterocycles. The van der Waals surface area contributed by atoms with Crippen LogP contribution in [-0.2, 0) is 0 Å². The van der Waals surface area contributed by atoms with Gasteiger partial charge in [-0.1, -0.05) is 38.8 Å². The van der Waals surface area contributed by atoms with E-state index in [2.05, 4.69) is 40.8 Å². The molecule has 0 radical (unpaired) electrons. The molecular formula is C14H21N5. The van der Waals surface area contributed by atoms with Crippen molar-refractivity contribution in [1.82, 2.24) is 20.2 Å². The lowest BCUT2D eigenvalue weighted by atomic mass is 10.1. The summed E-state index contributed by atoms with van der Waals surface area (Å²) < 4.78 is 1.69. The summed E-state index contributed by atoms with van der Waals surface area (Å²) in [4.78, 5) is 0. The Labute approximate surface area is 114 Å². The third kappa shape index (κ3) is 3.53. The Kier molecular flexibility index (Phi) is 4.89. The molecule has 0 unspecified atom stereocenters. The second-order valence-electron chi connectivity index (χ2n) is 4.69. The Balaban J connectivity index is 2.19. The molecule has 1 aromatic carbocycles. The molecule has 0 saturated heterocycles. The van der Waals surface area contributed by atoms with Crippen LogP contribution in [-0.4, -0.2) is 26.2 Å². The predicted molar refractivity (Wildman–Crippen MR) is 76.4 cm³/mol. The lowest BCUT2D eigenvalue weighted by molar-refractivity contribution is 0.585. The average molecular weight is 259 g/mol. The third-order valence-electron chi connectivity index (χ3n) is 3.13. The van der Waals surface area contributed by atoms with Gasteiger partial charge in [0.1, 0.15) is 6.33 Å². The number of para-hydroxylation sites is 2. The first kappa shape index (κ1) is 13.5. The molecule has 1 aromatic heterocycles. The van der Waals surface area contributed by atoms with Gasteiger partial charge in [-0.15, -0.1) is 5.10 Å². The van der Waals surface area contributed by atoms with Gasteiger partial charge in [0, 0.05) is 6.04 Å². The van der Waals surface area contributed by atoms with Crippen LogP contribution >= 0.6 is 0 Å². The van der Waals surface area contributed by atoms with E-state index in [1.54, 1.807) is 11.0 Å². The molecule has 0 saturated carbocycles. The van der Waals surface area contributed by atoms with Crippen LogP contribution < -0.4 is 5.32 Å². The van der Waals surface area contributed by atoms with E-state index in [0.29, 0.717) is 6.04 Å². The molecule has 1 N–H and O–H groups in total. The molecule has 19 heavy (non-hydrogen) atoms. The first-order chi connectivity index (χ1) is 9.35. The molecule has 0 bridgehead atoms. The van der Waals surface area contributed by atoms with Crippen LogP contribution in [0.25, 0.3) is 5.69 Å². The largest absolute Gasteiger partial charge is 0.381 e. The molecule has 0 fully saturated rings. The fourth-order valence-corrected chi connectivity index (χ4v) is 2.27. The van der Waals surface area contributed by atoms with Crippen LogP contribution in [0.4, 0.5) is 5.69 Å². The number of tetrazole rings is 1. The Morgan fingerprint density at radius 3 is 2.53 bits per heavy atom. The van der Waals surface area contributed by atoms with Crippen molar-refractivity contribution in [1.29, 1.82) is 0 Å². The predicted octanol–water partition coefficient (Wildman–Crippen LogP) is 3.04. The van der Waals surface area contributed by atoms with Crippen molar-refractivity contribution < 1.29 is 0 Å². The zero-order chi connectivity index (χ0) is 13.5. The van der Waals surface area contributed by atoms with E-state index in [1.165, 1.54) is 25.7 Å². The molecule has 0 aliphatic rings. The lowest BCUT2D eigenvalue weighted by Gasteiger charge is -2.20. The molecule has 0 amide bonds. The van der Waals surface area contributed by atoms with Gasteiger partial charge in [0.2, 0.25) is 0 Å². The number of anilines is 1. The van der Waals surface area contributed by atoms with Gasteiger partial charge in [-0.2, -0.15) is 4.68 Å². The van der Waals surface area contributed by atoms with Gasteiger partial charge in [-0.3, -0.25) is 0 Å². The summed E-state index contributed by atoms with van der Waals surface area (Å²) in [6.45, 7) is 4.44. The van der Waals surface area contributed by atoms with Crippen LogP contribution in [0.1, 0.15) is 39.5 Å². The summed E-state index contributed by atoms with van der Waals surface area (Å²) in [7, 11) is 0. The zero-order valence-corrected chi connectivity index (χ0v) is 11.6. The third-order valence-corrected chi connectivity index (χ3v) is 3.13. The van der Waals surface area contributed by atoms with E-state index in [9.17, 15) is 0 Å². The summed E-state index contributed by atoms with van der Waals surface area (Å²) in [6, 6.07) is 8.64. The Bertz CT molecular complexity index is 474. The number of nitrogens with one attached hydrogen (secondary N) is 1. The summed E-state index contributed by atoms with van der Waals surface area (Å²) in [6.07, 6.45) is 6.35. The molecule has 102 valence electrons. The standard InChI is InChI=1S/C14H21N5/c1-3-7-12(8-4-2)16-13-9-5-6-10-14(13)19-11-15-17-18-19/h5-6,9-12,16H,3-4,7-8H2,1-2H3. The highest BCUT2D eigenvalue weighted by molar-refractivity contribution is 5.60. The number of hydrogen-bond donors (Lipinski definition) is 1. The molecule has 1 heterocycles. The number of rotatable bonds is 7. The highest BCUT2D eigenvalue weighted by Crippen LogP contribution is 2.21. The fraction of sp³-hybridized carbons (Fsp3) is 0.500. The minimum Gasteiger partial charge on any atom is -0.381 e. The molecule has 0 aliphatic carbocycles. The summed E-state index contributed by atoms with van der Waals surface area (Å²) in [5.74, 6) is 0. The van der Waals surface area contributed by atoms with Crippen molar-refractivity contribution >= 4 is 5.69 Å². The first-order valence-electron chi connectivity index (χ1n) is 6.94. The number of benzene rings is 1. The summed E-state index contributed by atoms with van der Waals surface area (Å²) in [5, 5.41) is 15.0. The van der Waals surface area contributed by atoms with Crippen molar-refractivity contribution in [2.45, 2.75) is 45.6 Å². The second kappa shape index (κ2) is 6.87. The van der Waals surface area contributed by atoms with Crippen molar-refractivity contribution in [3.8, 4) is 5.69 Å². The molecule has 2 rings (SSSR count).